The van der Waals surface area contributed by atoms with Gasteiger partial charge in [-0.3, -0.25) is 4.79 Å². The molecule has 11 heteroatoms. The first-order chi connectivity index (χ1) is 16.9. The second-order valence-electron chi connectivity index (χ2n) is 7.95. The van der Waals surface area contributed by atoms with Crippen molar-refractivity contribution in [3.63, 3.8) is 0 Å². The zero-order valence-corrected chi connectivity index (χ0v) is 21.0. The molecule has 0 saturated heterocycles. The first-order valence-corrected chi connectivity index (χ1v) is 12.6. The third kappa shape index (κ3) is 6.77. The molecule has 3 rings (SSSR count). The Balaban J connectivity index is 1.87. The Hall–Kier alpha value is -3.08. The van der Waals surface area contributed by atoms with Crippen molar-refractivity contribution in [1.82, 2.24) is 4.31 Å². The number of benzene rings is 3. The van der Waals surface area contributed by atoms with Crippen LogP contribution in [0.2, 0.25) is 5.02 Å². The van der Waals surface area contributed by atoms with E-state index in [1.165, 1.54) is 31.4 Å². The van der Waals surface area contributed by atoms with Gasteiger partial charge in [-0.1, -0.05) is 41.9 Å². The van der Waals surface area contributed by atoms with Crippen molar-refractivity contribution in [3.05, 3.63) is 88.4 Å². The molecule has 1 amide bonds. The normalized spacial score (nSPS) is 12.0. The first kappa shape index (κ1) is 27.5. The molecule has 3 aromatic rings. The third-order valence-electron chi connectivity index (χ3n) is 5.37. The van der Waals surface area contributed by atoms with Crippen LogP contribution < -0.4 is 10.1 Å². The summed E-state index contributed by atoms with van der Waals surface area (Å²) >= 11 is 5.63. The summed E-state index contributed by atoms with van der Waals surface area (Å²) in [6.07, 6.45) is -4.39. The predicted octanol–water partition coefficient (Wildman–Crippen LogP) is 5.55. The number of sulfonamides is 1. The van der Waals surface area contributed by atoms with E-state index in [-0.39, 0.29) is 17.1 Å². The topological polar surface area (TPSA) is 75.7 Å². The fourth-order valence-electron chi connectivity index (χ4n) is 3.52. The molecule has 0 spiro atoms. The Morgan fingerprint density at radius 3 is 2.36 bits per heavy atom. The number of ether oxygens (including phenoxy) is 1. The minimum absolute atomic E-state index is 0.0285. The van der Waals surface area contributed by atoms with Crippen LogP contribution in [-0.4, -0.2) is 38.8 Å². The number of nitrogens with zero attached hydrogens (tertiary/aromatic N) is 1. The standard InChI is InChI=1S/C25H24ClF3N2O4S/c1-17-14-20(9-11-23(17)35-2)36(33,34)31(13-12-18-6-4-3-5-7-18)16-24(32)30-19-8-10-22(26)21(15-19)25(27,28)29/h3-11,14-15H,12-13,16H2,1-2H3,(H,30,32). The monoisotopic (exact) mass is 540 g/mol. The molecule has 0 aliphatic heterocycles. The number of methoxy groups -OCH3 is 1. The highest BCUT2D eigenvalue weighted by molar-refractivity contribution is 7.89. The van der Waals surface area contributed by atoms with E-state index < -0.39 is 39.2 Å². The van der Waals surface area contributed by atoms with Gasteiger partial charge in [0.25, 0.3) is 0 Å². The van der Waals surface area contributed by atoms with Gasteiger partial charge in [-0.2, -0.15) is 17.5 Å². The Kier molecular flexibility index (Phi) is 8.65. The molecule has 0 bridgehead atoms. The van der Waals surface area contributed by atoms with Crippen LogP contribution in [0.4, 0.5) is 18.9 Å². The van der Waals surface area contributed by atoms with E-state index in [9.17, 15) is 26.4 Å². The summed E-state index contributed by atoms with van der Waals surface area (Å²) in [5, 5.41) is 1.83. The lowest BCUT2D eigenvalue weighted by molar-refractivity contribution is -0.137. The van der Waals surface area contributed by atoms with Crippen molar-refractivity contribution >= 4 is 33.2 Å². The van der Waals surface area contributed by atoms with Crippen LogP contribution in [0.15, 0.2) is 71.6 Å². The average Bonchev–Trinajstić information content (AvgIpc) is 2.82. The maximum absolute atomic E-state index is 13.5. The Bertz CT molecular complexity index is 1330. The summed E-state index contributed by atoms with van der Waals surface area (Å²) in [6.45, 7) is 1.06. The highest BCUT2D eigenvalue weighted by atomic mass is 35.5. The van der Waals surface area contributed by atoms with Gasteiger partial charge in [0.05, 0.1) is 29.1 Å². The second kappa shape index (κ2) is 11.3. The van der Waals surface area contributed by atoms with Crippen molar-refractivity contribution < 1.29 is 31.1 Å². The van der Waals surface area contributed by atoms with Crippen molar-refractivity contribution in [1.29, 1.82) is 0 Å². The minimum Gasteiger partial charge on any atom is -0.496 e. The molecule has 0 heterocycles. The highest BCUT2D eigenvalue weighted by Crippen LogP contribution is 2.36. The Morgan fingerprint density at radius 2 is 1.75 bits per heavy atom. The Morgan fingerprint density at radius 1 is 1.06 bits per heavy atom. The lowest BCUT2D eigenvalue weighted by Gasteiger charge is -2.22. The van der Waals surface area contributed by atoms with Gasteiger partial charge in [0.2, 0.25) is 15.9 Å². The van der Waals surface area contributed by atoms with E-state index in [1.807, 2.05) is 30.3 Å². The molecule has 0 aromatic heterocycles. The van der Waals surface area contributed by atoms with Crippen LogP contribution in [0.5, 0.6) is 5.75 Å². The predicted molar refractivity (Wildman–Crippen MR) is 132 cm³/mol. The van der Waals surface area contributed by atoms with Gasteiger partial charge in [-0.05, 0) is 60.9 Å². The van der Waals surface area contributed by atoms with Crippen LogP contribution in [0, 0.1) is 6.92 Å². The smallest absolute Gasteiger partial charge is 0.417 e. The largest absolute Gasteiger partial charge is 0.496 e. The van der Waals surface area contributed by atoms with Gasteiger partial charge in [-0.25, -0.2) is 8.42 Å². The van der Waals surface area contributed by atoms with E-state index in [0.717, 1.165) is 15.9 Å². The van der Waals surface area contributed by atoms with E-state index in [2.05, 4.69) is 5.32 Å². The summed E-state index contributed by atoms with van der Waals surface area (Å²) in [5.41, 5.74) is 0.185. The first-order valence-electron chi connectivity index (χ1n) is 10.8. The summed E-state index contributed by atoms with van der Waals surface area (Å²) in [7, 11) is -2.66. The number of carbonyl (C=O) groups is 1. The van der Waals surface area contributed by atoms with Gasteiger partial charge in [-0.15, -0.1) is 0 Å². The summed E-state index contributed by atoms with van der Waals surface area (Å²) in [6, 6.07) is 16.4. The van der Waals surface area contributed by atoms with Gasteiger partial charge in [0, 0.05) is 12.2 Å². The van der Waals surface area contributed by atoms with Crippen LogP contribution in [-0.2, 0) is 27.4 Å². The van der Waals surface area contributed by atoms with Crippen molar-refractivity contribution in [2.24, 2.45) is 0 Å². The van der Waals surface area contributed by atoms with E-state index in [1.54, 1.807) is 6.92 Å². The van der Waals surface area contributed by atoms with Gasteiger partial charge in [0.15, 0.2) is 0 Å². The fourth-order valence-corrected chi connectivity index (χ4v) is 5.23. The maximum atomic E-state index is 13.5. The minimum atomic E-state index is -4.71. The summed E-state index contributed by atoms with van der Waals surface area (Å²) in [4.78, 5) is 12.7. The quantitative estimate of drug-likeness (QED) is 0.386. The molecule has 192 valence electrons. The number of nitrogens with one attached hydrogen (secondary N) is 1. The number of carbonyl (C=O) groups excluding carboxylic acids is 1. The number of halogens is 4. The molecule has 3 aromatic carbocycles. The molecular formula is C25H24ClF3N2O4S. The molecule has 36 heavy (non-hydrogen) atoms. The number of alkyl halides is 3. The average molecular weight is 541 g/mol. The van der Waals surface area contributed by atoms with Gasteiger partial charge >= 0.3 is 6.18 Å². The second-order valence-corrected chi connectivity index (χ2v) is 10.3. The molecule has 0 aliphatic rings. The van der Waals surface area contributed by atoms with E-state index in [4.69, 9.17) is 16.3 Å². The zero-order chi connectivity index (χ0) is 26.5. The molecule has 6 nitrogen and oxygen atoms in total. The van der Waals surface area contributed by atoms with Crippen LogP contribution in [0.25, 0.3) is 0 Å². The Labute approximate surface area is 212 Å². The van der Waals surface area contributed by atoms with Gasteiger partial charge < -0.3 is 10.1 Å². The molecule has 0 atom stereocenters. The molecule has 1 N–H and O–H groups in total. The number of aryl methyl sites for hydroxylation is 1. The molecule has 0 radical (unpaired) electrons. The summed E-state index contributed by atoms with van der Waals surface area (Å²) in [5.74, 6) is -0.293. The highest BCUT2D eigenvalue weighted by Gasteiger charge is 2.34. The molecule has 0 fully saturated rings. The molecule has 0 aliphatic carbocycles. The zero-order valence-electron chi connectivity index (χ0n) is 19.5. The number of hydrogen-bond donors (Lipinski definition) is 1. The third-order valence-corrected chi connectivity index (χ3v) is 7.54. The van der Waals surface area contributed by atoms with Crippen LogP contribution in [0.1, 0.15) is 16.7 Å². The fraction of sp³-hybridized carbons (Fsp3) is 0.240. The summed E-state index contributed by atoms with van der Waals surface area (Å²) < 4.78 is 72.6. The number of amides is 1. The molecular weight excluding hydrogens is 517 g/mol. The van der Waals surface area contributed by atoms with Crippen LogP contribution >= 0.6 is 11.6 Å². The lowest BCUT2D eigenvalue weighted by atomic mass is 10.1. The molecule has 0 unspecified atom stereocenters. The number of rotatable bonds is 9. The molecule has 0 saturated carbocycles. The van der Waals surface area contributed by atoms with Gasteiger partial charge in [0.1, 0.15) is 5.75 Å². The van der Waals surface area contributed by atoms with Crippen molar-refractivity contribution in [2.45, 2.75) is 24.4 Å². The van der Waals surface area contributed by atoms with E-state index >= 15 is 0 Å². The van der Waals surface area contributed by atoms with Crippen LogP contribution in [0.3, 0.4) is 0 Å². The lowest BCUT2D eigenvalue weighted by Crippen LogP contribution is -2.39. The van der Waals surface area contributed by atoms with E-state index in [0.29, 0.717) is 23.8 Å². The SMILES string of the molecule is COc1ccc(S(=O)(=O)N(CCc2ccccc2)CC(=O)Nc2ccc(Cl)c(C(F)(F)F)c2)cc1C. The number of hydrogen-bond acceptors (Lipinski definition) is 4. The van der Waals surface area contributed by atoms with Crippen molar-refractivity contribution in [3.8, 4) is 5.75 Å². The number of anilines is 1. The van der Waals surface area contributed by atoms with Crippen molar-refractivity contribution in [2.75, 3.05) is 25.5 Å². The maximum Gasteiger partial charge on any atom is 0.417 e.